The Labute approximate surface area is 99.7 Å². The Hall–Kier alpha value is -0.880. The van der Waals surface area contributed by atoms with Gasteiger partial charge in [-0.2, -0.15) is 0 Å². The fraction of sp³-hybridized carbons (Fsp3) is 0.778. The third-order valence-corrected chi connectivity index (χ3v) is 2.40. The predicted octanol–water partition coefficient (Wildman–Crippen LogP) is -0.429. The van der Waals surface area contributed by atoms with E-state index in [9.17, 15) is 14.0 Å². The van der Waals surface area contributed by atoms with Crippen LogP contribution in [0.4, 0.5) is 4.39 Å². The lowest BCUT2D eigenvalue weighted by atomic mass is 10.1. The molecule has 0 radical (unpaired) electrons. The Bertz CT molecular complexity index is 259. The summed E-state index contributed by atoms with van der Waals surface area (Å²) in [5.74, 6) is -0.643. The van der Waals surface area contributed by atoms with Crippen molar-refractivity contribution >= 4 is 24.2 Å². The summed E-state index contributed by atoms with van der Waals surface area (Å²) in [6, 6.07) is -0.642. The zero-order chi connectivity index (χ0) is 11.4. The van der Waals surface area contributed by atoms with Crippen molar-refractivity contribution in [2.24, 2.45) is 11.5 Å². The van der Waals surface area contributed by atoms with Crippen LogP contribution >= 0.6 is 12.4 Å². The van der Waals surface area contributed by atoms with Crippen LogP contribution in [0.5, 0.6) is 0 Å². The number of hydrogen-bond donors (Lipinski definition) is 2. The quantitative estimate of drug-likeness (QED) is 0.697. The van der Waals surface area contributed by atoms with Crippen LogP contribution in [-0.2, 0) is 9.59 Å². The number of hydrogen-bond acceptors (Lipinski definition) is 3. The lowest BCUT2D eigenvalue weighted by molar-refractivity contribution is -0.140. The number of rotatable bonds is 5. The Kier molecular flexibility index (Phi) is 6.28. The van der Waals surface area contributed by atoms with Gasteiger partial charge in [0.15, 0.2) is 0 Å². The number of likely N-dealkylation sites (tertiary alicyclic amines) is 1. The average molecular weight is 254 g/mol. The maximum Gasteiger partial charge on any atom is 0.239 e. The first-order valence-corrected chi connectivity index (χ1v) is 4.97. The van der Waals surface area contributed by atoms with Crippen molar-refractivity contribution in [3.63, 3.8) is 0 Å². The molecule has 0 aromatic heterocycles. The highest BCUT2D eigenvalue weighted by Gasteiger charge is 2.32. The molecule has 0 aromatic rings. The van der Waals surface area contributed by atoms with Crippen molar-refractivity contribution < 1.29 is 14.0 Å². The molecule has 7 heteroatoms. The summed E-state index contributed by atoms with van der Waals surface area (Å²) in [5, 5.41) is 0. The van der Waals surface area contributed by atoms with E-state index < -0.39 is 18.1 Å². The first-order valence-electron chi connectivity index (χ1n) is 4.97. The molecule has 1 aliphatic rings. The molecule has 1 atom stereocenters. The number of alkyl halides is 1. The van der Waals surface area contributed by atoms with Gasteiger partial charge in [-0.05, 0) is 12.8 Å². The molecule has 2 amide bonds. The molecular formula is C9H17ClFN3O2. The molecule has 4 N–H and O–H groups in total. The molecule has 0 bridgehead atoms. The molecule has 1 saturated heterocycles. The minimum absolute atomic E-state index is 0. The summed E-state index contributed by atoms with van der Waals surface area (Å²) in [4.78, 5) is 23.3. The molecular weight excluding hydrogens is 237 g/mol. The average Bonchev–Trinajstić information content (AvgIpc) is 2.11. The molecule has 1 aliphatic heterocycles. The first-order chi connectivity index (χ1) is 7.00. The maximum absolute atomic E-state index is 12.5. The van der Waals surface area contributed by atoms with Crippen LogP contribution in [0.25, 0.3) is 0 Å². The van der Waals surface area contributed by atoms with Gasteiger partial charge in [-0.1, -0.05) is 0 Å². The topological polar surface area (TPSA) is 89.4 Å². The monoisotopic (exact) mass is 253 g/mol. The number of nitrogens with zero attached hydrogens (tertiary/aromatic N) is 1. The van der Waals surface area contributed by atoms with Gasteiger partial charge < -0.3 is 16.4 Å². The van der Waals surface area contributed by atoms with E-state index in [0.717, 1.165) is 0 Å². The second kappa shape index (κ2) is 6.65. The zero-order valence-electron chi connectivity index (χ0n) is 8.89. The smallest absolute Gasteiger partial charge is 0.239 e. The Balaban J connectivity index is 0.00000225. The third kappa shape index (κ3) is 4.32. The number of primary amides is 1. The van der Waals surface area contributed by atoms with Crippen LogP contribution in [0, 0.1) is 0 Å². The molecule has 1 unspecified atom stereocenters. The Morgan fingerprint density at radius 3 is 2.44 bits per heavy atom. The van der Waals surface area contributed by atoms with Crippen LogP contribution in [0.15, 0.2) is 0 Å². The van der Waals surface area contributed by atoms with Crippen molar-refractivity contribution in [3.8, 4) is 0 Å². The molecule has 1 heterocycles. The third-order valence-electron chi connectivity index (χ3n) is 2.40. The standard InChI is InChI=1S/C9H16FN3O2.ClH/c10-6-4-13(5-6)9(15)7(11)2-1-3-8(12)14;/h6-7H,1-5,11H2,(H2,12,14);1H. The van der Waals surface area contributed by atoms with E-state index >= 15 is 0 Å². The van der Waals surface area contributed by atoms with E-state index in [4.69, 9.17) is 11.5 Å². The lowest BCUT2D eigenvalue weighted by Crippen LogP contribution is -2.56. The highest BCUT2D eigenvalue weighted by atomic mass is 35.5. The SMILES string of the molecule is Cl.NC(=O)CCCC(N)C(=O)N1CC(F)C1. The molecule has 5 nitrogen and oxygen atoms in total. The van der Waals surface area contributed by atoms with Gasteiger partial charge in [-0.3, -0.25) is 9.59 Å². The largest absolute Gasteiger partial charge is 0.370 e. The van der Waals surface area contributed by atoms with Gasteiger partial charge in [-0.15, -0.1) is 12.4 Å². The van der Waals surface area contributed by atoms with Crippen LogP contribution in [-0.4, -0.2) is 42.0 Å². The van der Waals surface area contributed by atoms with Gasteiger partial charge in [0.1, 0.15) is 6.17 Å². The highest BCUT2D eigenvalue weighted by Crippen LogP contribution is 2.13. The van der Waals surface area contributed by atoms with E-state index in [-0.39, 0.29) is 37.8 Å². The number of amides is 2. The van der Waals surface area contributed by atoms with Crippen molar-refractivity contribution in [3.05, 3.63) is 0 Å². The second-order valence-corrected chi connectivity index (χ2v) is 3.81. The minimum Gasteiger partial charge on any atom is -0.370 e. The summed E-state index contributed by atoms with van der Waals surface area (Å²) in [5.41, 5.74) is 10.5. The lowest BCUT2D eigenvalue weighted by Gasteiger charge is -2.36. The second-order valence-electron chi connectivity index (χ2n) is 3.81. The summed E-state index contributed by atoms with van der Waals surface area (Å²) < 4.78 is 12.5. The van der Waals surface area contributed by atoms with Gasteiger partial charge >= 0.3 is 0 Å². The van der Waals surface area contributed by atoms with Crippen molar-refractivity contribution in [2.45, 2.75) is 31.5 Å². The molecule has 0 saturated carbocycles. The van der Waals surface area contributed by atoms with E-state index in [1.54, 1.807) is 0 Å². The summed E-state index contributed by atoms with van der Waals surface area (Å²) >= 11 is 0. The Morgan fingerprint density at radius 1 is 1.44 bits per heavy atom. The van der Waals surface area contributed by atoms with Crippen molar-refractivity contribution in [1.29, 1.82) is 0 Å². The maximum atomic E-state index is 12.5. The number of nitrogens with two attached hydrogens (primary N) is 2. The minimum atomic E-state index is -0.910. The van der Waals surface area contributed by atoms with E-state index in [0.29, 0.717) is 12.8 Å². The normalized spacial score (nSPS) is 17.2. The summed E-state index contributed by atoms with van der Waals surface area (Å²) in [6.07, 6.45) is 0.226. The molecule has 16 heavy (non-hydrogen) atoms. The molecule has 0 aromatic carbocycles. The van der Waals surface area contributed by atoms with Gasteiger partial charge in [0, 0.05) is 6.42 Å². The fourth-order valence-corrected chi connectivity index (χ4v) is 1.46. The molecule has 0 spiro atoms. The first kappa shape index (κ1) is 15.1. The fourth-order valence-electron chi connectivity index (χ4n) is 1.46. The number of halogens is 2. The van der Waals surface area contributed by atoms with E-state index in [1.807, 2.05) is 0 Å². The van der Waals surface area contributed by atoms with Gasteiger partial charge in [0.25, 0.3) is 0 Å². The van der Waals surface area contributed by atoms with Crippen LogP contribution in [0.1, 0.15) is 19.3 Å². The molecule has 1 fully saturated rings. The van der Waals surface area contributed by atoms with Crippen LogP contribution in [0.3, 0.4) is 0 Å². The molecule has 94 valence electrons. The van der Waals surface area contributed by atoms with Crippen molar-refractivity contribution in [2.75, 3.05) is 13.1 Å². The van der Waals surface area contributed by atoms with E-state index in [2.05, 4.69) is 0 Å². The number of carbonyl (C=O) groups excluding carboxylic acids is 2. The van der Waals surface area contributed by atoms with Gasteiger partial charge in [-0.25, -0.2) is 4.39 Å². The van der Waals surface area contributed by atoms with Crippen LogP contribution < -0.4 is 11.5 Å². The highest BCUT2D eigenvalue weighted by molar-refractivity contribution is 5.85. The van der Waals surface area contributed by atoms with E-state index in [1.165, 1.54) is 4.90 Å². The summed E-state index contributed by atoms with van der Waals surface area (Å²) in [7, 11) is 0. The molecule has 0 aliphatic carbocycles. The van der Waals surface area contributed by atoms with Crippen molar-refractivity contribution in [1.82, 2.24) is 4.90 Å². The molecule has 1 rings (SSSR count). The number of carbonyl (C=O) groups is 2. The van der Waals surface area contributed by atoms with Gasteiger partial charge in [0.05, 0.1) is 19.1 Å². The van der Waals surface area contributed by atoms with Crippen LogP contribution in [0.2, 0.25) is 0 Å². The summed E-state index contributed by atoms with van der Waals surface area (Å²) in [6.45, 7) is 0.282. The predicted molar refractivity (Wildman–Crippen MR) is 59.7 cm³/mol. The zero-order valence-corrected chi connectivity index (χ0v) is 9.71. The van der Waals surface area contributed by atoms with Gasteiger partial charge in [0.2, 0.25) is 11.8 Å². The Morgan fingerprint density at radius 2 is 2.00 bits per heavy atom.